The van der Waals surface area contributed by atoms with E-state index < -0.39 is 40.0 Å². The average Bonchev–Trinajstić information content (AvgIpc) is 3.08. The largest absolute Gasteiger partial charge is 0.463 e. The Labute approximate surface area is 278 Å². The van der Waals surface area contributed by atoms with E-state index in [-0.39, 0.29) is 0 Å². The maximum Gasteiger partial charge on any atom is 0.360 e. The van der Waals surface area contributed by atoms with E-state index in [0.717, 1.165) is 26.8 Å². The molecule has 0 saturated heterocycles. The van der Waals surface area contributed by atoms with Crippen LogP contribution in [-0.4, -0.2) is 53.2 Å². The molecule has 4 aromatic carbocycles. The Balaban J connectivity index is 1.81. The fourth-order valence-corrected chi connectivity index (χ4v) is 24.9. The van der Waals surface area contributed by atoms with Crippen molar-refractivity contribution >= 4 is 60.7 Å². The highest BCUT2D eigenvalue weighted by molar-refractivity contribution is 7.01. The fourth-order valence-electron chi connectivity index (χ4n) is 5.81. The highest BCUT2D eigenvalue weighted by atomic mass is 28.5. The van der Waals surface area contributed by atoms with Gasteiger partial charge in [0.25, 0.3) is 0 Å². The Morgan fingerprint density at radius 2 is 1.00 bits per heavy atom. The number of esters is 1. The Kier molecular flexibility index (Phi) is 12.5. The highest BCUT2D eigenvalue weighted by Gasteiger charge is 2.53. The molecule has 0 spiro atoms. The summed E-state index contributed by atoms with van der Waals surface area (Å²) >= 11 is 0. The minimum absolute atomic E-state index is 0.295. The summed E-state index contributed by atoms with van der Waals surface area (Å²) in [6.45, 7) is 15.0. The van der Waals surface area contributed by atoms with Gasteiger partial charge < -0.3 is 21.5 Å². The molecule has 4 unspecified atom stereocenters. The maximum absolute atomic E-state index is 11.8. The lowest BCUT2D eigenvalue weighted by atomic mass is 10.4. The molecule has 0 N–H and O–H groups in total. The van der Waals surface area contributed by atoms with Crippen molar-refractivity contribution in [2.75, 3.05) is 13.2 Å². The van der Waals surface area contributed by atoms with E-state index in [1.54, 1.807) is 0 Å². The first-order valence-corrected chi connectivity index (χ1v) is 25.4. The standard InChI is InChI=1S/C36H46O6Si4/c1-7-36(37)38-30-21-31-43(3,32-22-13-9-14-23-32)40-45(5,34-26-17-11-18-27-34)42-46(6,35-28-19-12-20-29-35)41-44(4,39-8-2)33-24-15-10-16-25-33/h7,9-20,22-29H,1,8,21,30-31H2,2-6H3. The van der Waals surface area contributed by atoms with Crippen molar-refractivity contribution in [1.82, 2.24) is 0 Å². The third-order valence-corrected chi connectivity index (χ3v) is 25.5. The van der Waals surface area contributed by atoms with Crippen molar-refractivity contribution in [2.45, 2.75) is 45.6 Å². The van der Waals surface area contributed by atoms with Crippen LogP contribution >= 0.6 is 0 Å². The lowest BCUT2D eigenvalue weighted by molar-refractivity contribution is -0.137. The first-order valence-electron chi connectivity index (χ1n) is 15.8. The van der Waals surface area contributed by atoms with Crippen LogP contribution in [0.15, 0.2) is 134 Å². The molecule has 0 aliphatic heterocycles. The summed E-state index contributed by atoms with van der Waals surface area (Å²) in [5.41, 5.74) is 0. The fraction of sp³-hybridized carbons (Fsp3) is 0.250. The summed E-state index contributed by atoms with van der Waals surface area (Å²) in [6, 6.07) is 41.9. The van der Waals surface area contributed by atoms with Gasteiger partial charge in [0.15, 0.2) is 0 Å². The predicted molar refractivity (Wildman–Crippen MR) is 196 cm³/mol. The van der Waals surface area contributed by atoms with Crippen molar-refractivity contribution in [3.8, 4) is 0 Å². The van der Waals surface area contributed by atoms with E-state index in [1.807, 2.05) is 67.6 Å². The molecule has 6 nitrogen and oxygen atoms in total. The summed E-state index contributed by atoms with van der Waals surface area (Å²) in [5, 5.41) is 4.25. The number of hydrogen-bond donors (Lipinski definition) is 0. The minimum Gasteiger partial charge on any atom is -0.463 e. The van der Waals surface area contributed by atoms with Crippen LogP contribution in [0.2, 0.25) is 32.2 Å². The monoisotopic (exact) mass is 686 g/mol. The molecule has 0 aromatic heterocycles. The second-order valence-corrected chi connectivity index (χ2v) is 25.4. The maximum atomic E-state index is 11.8. The zero-order chi connectivity index (χ0) is 33.1. The van der Waals surface area contributed by atoms with Crippen LogP contribution < -0.4 is 20.7 Å². The second kappa shape index (κ2) is 16.1. The molecule has 4 rings (SSSR count). The van der Waals surface area contributed by atoms with Crippen LogP contribution in [0.25, 0.3) is 0 Å². The topological polar surface area (TPSA) is 63.2 Å². The van der Waals surface area contributed by atoms with Crippen LogP contribution in [0.4, 0.5) is 0 Å². The molecule has 0 fully saturated rings. The molecule has 0 bridgehead atoms. The van der Waals surface area contributed by atoms with Gasteiger partial charge in [0.1, 0.15) is 0 Å². The normalized spacial score (nSPS) is 16.6. The molecule has 0 aliphatic carbocycles. The average molecular weight is 687 g/mol. The molecule has 46 heavy (non-hydrogen) atoms. The first-order chi connectivity index (χ1) is 22.1. The van der Waals surface area contributed by atoms with E-state index in [2.05, 4.69) is 93.4 Å². The van der Waals surface area contributed by atoms with Gasteiger partial charge in [-0.1, -0.05) is 128 Å². The van der Waals surface area contributed by atoms with E-state index in [4.69, 9.17) is 21.5 Å². The molecule has 0 saturated carbocycles. The summed E-state index contributed by atoms with van der Waals surface area (Å²) in [5.74, 6) is -0.419. The molecule has 0 radical (unpaired) electrons. The molecule has 0 aliphatic rings. The van der Waals surface area contributed by atoms with Crippen molar-refractivity contribution in [3.05, 3.63) is 134 Å². The number of carbonyl (C=O) groups excluding carboxylic acids is 1. The number of rotatable bonds is 17. The van der Waals surface area contributed by atoms with Gasteiger partial charge in [0.05, 0.1) is 6.61 Å². The Morgan fingerprint density at radius 1 is 0.609 bits per heavy atom. The first kappa shape index (κ1) is 35.6. The van der Waals surface area contributed by atoms with Crippen LogP contribution in [0, 0.1) is 0 Å². The lowest BCUT2D eigenvalue weighted by Crippen LogP contribution is -2.71. The van der Waals surface area contributed by atoms with Gasteiger partial charge in [-0.3, -0.25) is 0 Å². The van der Waals surface area contributed by atoms with E-state index in [1.165, 1.54) is 6.08 Å². The number of carbonyl (C=O) groups is 1. The summed E-state index contributed by atoms with van der Waals surface area (Å²) < 4.78 is 34.4. The van der Waals surface area contributed by atoms with Gasteiger partial charge in [-0.15, -0.1) is 0 Å². The van der Waals surface area contributed by atoms with Gasteiger partial charge >= 0.3 is 31.7 Å². The number of hydrogen-bond acceptors (Lipinski definition) is 6. The smallest absolute Gasteiger partial charge is 0.360 e. The quantitative estimate of drug-likeness (QED) is 0.0623. The van der Waals surface area contributed by atoms with Crippen LogP contribution in [0.1, 0.15) is 13.3 Å². The molecular formula is C36H46O6Si4. The van der Waals surface area contributed by atoms with Crippen molar-refractivity contribution in [3.63, 3.8) is 0 Å². The summed E-state index contributed by atoms with van der Waals surface area (Å²) in [7, 11) is -12.1. The molecular weight excluding hydrogens is 641 g/mol. The molecule has 0 heterocycles. The zero-order valence-corrected chi connectivity index (χ0v) is 31.6. The van der Waals surface area contributed by atoms with Gasteiger partial charge in [-0.25, -0.2) is 4.79 Å². The summed E-state index contributed by atoms with van der Waals surface area (Å²) in [6.07, 6.45) is 1.85. The molecule has 4 aromatic rings. The lowest BCUT2D eigenvalue weighted by Gasteiger charge is -2.45. The zero-order valence-electron chi connectivity index (χ0n) is 27.6. The molecule has 242 valence electrons. The predicted octanol–water partition coefficient (Wildman–Crippen LogP) is 5.61. The van der Waals surface area contributed by atoms with Crippen LogP contribution in [0.5, 0.6) is 0 Å². The second-order valence-electron chi connectivity index (χ2n) is 11.7. The van der Waals surface area contributed by atoms with Crippen molar-refractivity contribution < 1.29 is 26.3 Å². The van der Waals surface area contributed by atoms with Gasteiger partial charge in [-0.05, 0) is 66.3 Å². The summed E-state index contributed by atoms with van der Waals surface area (Å²) in [4.78, 5) is 11.8. The Morgan fingerprint density at radius 3 is 1.43 bits per heavy atom. The van der Waals surface area contributed by atoms with E-state index in [0.29, 0.717) is 19.6 Å². The molecule has 10 heteroatoms. The van der Waals surface area contributed by atoms with E-state index >= 15 is 0 Å². The van der Waals surface area contributed by atoms with Gasteiger partial charge in [-0.2, -0.15) is 0 Å². The van der Waals surface area contributed by atoms with E-state index in [9.17, 15) is 4.79 Å². The highest BCUT2D eigenvalue weighted by Crippen LogP contribution is 2.27. The van der Waals surface area contributed by atoms with Crippen molar-refractivity contribution in [2.24, 2.45) is 0 Å². The SMILES string of the molecule is C=CC(=O)OCCC[Si](C)(O[Si](C)(O[Si](C)(O[Si](C)(OCC)c1ccccc1)c1ccccc1)c1ccccc1)c1ccccc1. The third kappa shape index (κ3) is 8.99. The minimum atomic E-state index is -3.24. The number of benzene rings is 4. The van der Waals surface area contributed by atoms with Gasteiger partial charge in [0.2, 0.25) is 8.32 Å². The Hall–Kier alpha value is -3.20. The molecule has 0 amide bonds. The third-order valence-electron chi connectivity index (χ3n) is 8.11. The van der Waals surface area contributed by atoms with Gasteiger partial charge in [0, 0.05) is 12.7 Å². The van der Waals surface area contributed by atoms with Crippen LogP contribution in [0.3, 0.4) is 0 Å². The Bertz CT molecular complexity index is 1530. The van der Waals surface area contributed by atoms with Crippen LogP contribution in [-0.2, 0) is 26.3 Å². The van der Waals surface area contributed by atoms with Crippen molar-refractivity contribution in [1.29, 1.82) is 0 Å². The molecule has 4 atom stereocenters. The number of ether oxygens (including phenoxy) is 1.